The molecule has 1 fully saturated rings. The average molecular weight is 438 g/mol. The Bertz CT molecular complexity index is 936. The second kappa shape index (κ2) is 8.89. The van der Waals surface area contributed by atoms with E-state index in [4.69, 9.17) is 20.8 Å². The Labute approximate surface area is 175 Å². The van der Waals surface area contributed by atoms with Crippen LogP contribution in [0.15, 0.2) is 55.7 Å². The van der Waals surface area contributed by atoms with E-state index in [0.717, 1.165) is 21.6 Å². The summed E-state index contributed by atoms with van der Waals surface area (Å²) in [6, 6.07) is 10.8. The van der Waals surface area contributed by atoms with Gasteiger partial charge < -0.3 is 9.15 Å². The van der Waals surface area contributed by atoms with Crippen LogP contribution >= 0.6 is 35.1 Å². The number of rotatable bonds is 6. The van der Waals surface area contributed by atoms with Gasteiger partial charge in [-0.15, -0.1) is 0 Å². The molecule has 1 aromatic carbocycles. The van der Waals surface area contributed by atoms with Crippen molar-refractivity contribution in [2.45, 2.75) is 29.9 Å². The van der Waals surface area contributed by atoms with Gasteiger partial charge in [0.1, 0.15) is 12.3 Å². The molecule has 2 aromatic rings. The molecule has 0 N–H and O–H groups in total. The van der Waals surface area contributed by atoms with E-state index in [1.807, 2.05) is 12.1 Å². The second-order valence-electron chi connectivity index (χ2n) is 6.02. The van der Waals surface area contributed by atoms with E-state index in [9.17, 15) is 14.4 Å². The van der Waals surface area contributed by atoms with E-state index in [1.165, 1.54) is 17.8 Å². The van der Waals surface area contributed by atoms with Gasteiger partial charge in [-0.3, -0.25) is 19.3 Å². The number of imide groups is 1. The maximum Gasteiger partial charge on any atom is 0.326 e. The van der Waals surface area contributed by atoms with Crippen molar-refractivity contribution in [3.05, 3.63) is 52.1 Å². The molecule has 0 saturated carbocycles. The van der Waals surface area contributed by atoms with Crippen molar-refractivity contribution in [3.63, 3.8) is 0 Å². The first kappa shape index (κ1) is 20.6. The van der Waals surface area contributed by atoms with Crippen LogP contribution in [0, 0.1) is 0 Å². The minimum atomic E-state index is -0.627. The quantitative estimate of drug-likeness (QED) is 0.461. The molecular formula is C19H16ClNO5S2. The van der Waals surface area contributed by atoms with Gasteiger partial charge in [0.15, 0.2) is 5.09 Å². The van der Waals surface area contributed by atoms with E-state index in [1.54, 1.807) is 38.1 Å². The number of carbonyl (C=O) groups excluding carboxylic acids is 3. The standard InChI is InChI=1S/C19H16ClNO5S2/c1-11(2)25-16(22)10-21-18(23)15(28-19(21)24)9-13-5-8-17(26-13)27-14-6-3-12(20)4-7-14/h3-9,11H,10H2,1-2H3/b15-9-. The van der Waals surface area contributed by atoms with Gasteiger partial charge in [-0.25, -0.2) is 0 Å². The summed E-state index contributed by atoms with van der Waals surface area (Å²) in [6.07, 6.45) is 1.17. The highest BCUT2D eigenvalue weighted by Gasteiger charge is 2.37. The van der Waals surface area contributed by atoms with Gasteiger partial charge >= 0.3 is 5.97 Å². The SMILES string of the molecule is CC(C)OC(=O)CN1C(=O)S/C(=C\c2ccc(Sc3ccc(Cl)cc3)o2)C1=O. The van der Waals surface area contributed by atoms with E-state index in [2.05, 4.69) is 0 Å². The highest BCUT2D eigenvalue weighted by molar-refractivity contribution is 8.18. The summed E-state index contributed by atoms with van der Waals surface area (Å²) < 4.78 is 10.7. The largest absolute Gasteiger partial charge is 0.462 e. The van der Waals surface area contributed by atoms with Crippen LogP contribution in [-0.4, -0.2) is 34.7 Å². The zero-order chi connectivity index (χ0) is 20.3. The number of ether oxygens (including phenoxy) is 1. The van der Waals surface area contributed by atoms with Gasteiger partial charge in [-0.05, 0) is 62.0 Å². The van der Waals surface area contributed by atoms with Gasteiger partial charge in [0.05, 0.1) is 11.0 Å². The lowest BCUT2D eigenvalue weighted by molar-refractivity contribution is -0.149. The van der Waals surface area contributed by atoms with Crippen LogP contribution in [0.2, 0.25) is 5.02 Å². The number of thioether (sulfide) groups is 1. The van der Waals surface area contributed by atoms with Gasteiger partial charge in [-0.1, -0.05) is 23.4 Å². The third kappa shape index (κ3) is 5.21. The van der Waals surface area contributed by atoms with E-state index in [0.29, 0.717) is 15.9 Å². The van der Waals surface area contributed by atoms with Crippen LogP contribution in [0.25, 0.3) is 6.08 Å². The fourth-order valence-corrected chi connectivity index (χ4v) is 4.00. The molecule has 0 atom stereocenters. The fourth-order valence-electron chi connectivity index (χ4n) is 2.28. The van der Waals surface area contributed by atoms with Gasteiger partial charge in [0, 0.05) is 16.0 Å². The maximum absolute atomic E-state index is 12.4. The van der Waals surface area contributed by atoms with Crippen molar-refractivity contribution >= 4 is 58.3 Å². The number of nitrogens with zero attached hydrogens (tertiary/aromatic N) is 1. The smallest absolute Gasteiger partial charge is 0.326 e. The molecule has 1 aliphatic heterocycles. The zero-order valence-electron chi connectivity index (χ0n) is 15.0. The summed E-state index contributed by atoms with van der Waals surface area (Å²) in [4.78, 5) is 38.2. The number of furan rings is 1. The van der Waals surface area contributed by atoms with Crippen molar-refractivity contribution in [1.29, 1.82) is 0 Å². The monoisotopic (exact) mass is 437 g/mol. The van der Waals surface area contributed by atoms with Gasteiger partial charge in [0.25, 0.3) is 11.1 Å². The number of carbonyl (C=O) groups is 3. The Hall–Kier alpha value is -2.16. The van der Waals surface area contributed by atoms with Crippen molar-refractivity contribution < 1.29 is 23.5 Å². The minimum absolute atomic E-state index is 0.194. The predicted octanol–water partition coefficient (Wildman–Crippen LogP) is 5.07. The third-order valence-corrected chi connectivity index (χ3v) is 5.52. The first-order valence-electron chi connectivity index (χ1n) is 8.30. The van der Waals surface area contributed by atoms with Crippen molar-refractivity contribution in [2.75, 3.05) is 6.54 Å². The van der Waals surface area contributed by atoms with Crippen LogP contribution in [-0.2, 0) is 14.3 Å². The highest BCUT2D eigenvalue weighted by Crippen LogP contribution is 2.34. The molecule has 2 heterocycles. The van der Waals surface area contributed by atoms with Crippen molar-refractivity contribution in [2.24, 2.45) is 0 Å². The molecule has 0 spiro atoms. The van der Waals surface area contributed by atoms with Crippen LogP contribution in [0.1, 0.15) is 19.6 Å². The molecule has 0 aliphatic carbocycles. The summed E-state index contributed by atoms with van der Waals surface area (Å²) in [5, 5.41) is 0.769. The van der Waals surface area contributed by atoms with E-state index >= 15 is 0 Å². The van der Waals surface area contributed by atoms with Crippen LogP contribution in [0.4, 0.5) is 4.79 Å². The summed E-state index contributed by atoms with van der Waals surface area (Å²) in [5.74, 6) is -0.732. The van der Waals surface area contributed by atoms with E-state index < -0.39 is 23.7 Å². The number of esters is 1. The number of hydrogen-bond acceptors (Lipinski definition) is 7. The number of hydrogen-bond donors (Lipinski definition) is 0. The van der Waals surface area contributed by atoms with Crippen LogP contribution < -0.4 is 0 Å². The van der Waals surface area contributed by atoms with Crippen molar-refractivity contribution in [1.82, 2.24) is 4.90 Å². The predicted molar refractivity (Wildman–Crippen MR) is 108 cm³/mol. The maximum atomic E-state index is 12.4. The molecular weight excluding hydrogens is 422 g/mol. The number of benzene rings is 1. The molecule has 0 bridgehead atoms. The molecule has 146 valence electrons. The summed E-state index contributed by atoms with van der Waals surface area (Å²) in [7, 11) is 0. The third-order valence-electron chi connectivity index (χ3n) is 3.44. The normalized spacial score (nSPS) is 15.7. The number of amides is 2. The van der Waals surface area contributed by atoms with Crippen LogP contribution in [0.5, 0.6) is 0 Å². The summed E-state index contributed by atoms with van der Waals surface area (Å²) in [6.45, 7) is 2.99. The lowest BCUT2D eigenvalue weighted by Gasteiger charge is -2.13. The molecule has 0 unspecified atom stereocenters. The topological polar surface area (TPSA) is 76.8 Å². The molecule has 3 rings (SSSR count). The molecule has 0 radical (unpaired) electrons. The summed E-state index contributed by atoms with van der Waals surface area (Å²) in [5.41, 5.74) is 0. The second-order valence-corrected chi connectivity index (χ2v) is 8.53. The minimum Gasteiger partial charge on any atom is -0.462 e. The van der Waals surface area contributed by atoms with Crippen molar-refractivity contribution in [3.8, 4) is 0 Å². The van der Waals surface area contributed by atoms with Gasteiger partial charge in [0.2, 0.25) is 0 Å². The molecule has 1 aromatic heterocycles. The van der Waals surface area contributed by atoms with Crippen LogP contribution in [0.3, 0.4) is 0 Å². The average Bonchev–Trinajstić information content (AvgIpc) is 3.16. The lowest BCUT2D eigenvalue weighted by atomic mass is 10.3. The van der Waals surface area contributed by atoms with E-state index in [-0.39, 0.29) is 11.0 Å². The molecule has 9 heteroatoms. The zero-order valence-corrected chi connectivity index (χ0v) is 17.4. The Kier molecular flexibility index (Phi) is 6.53. The molecule has 1 aliphatic rings. The molecule has 28 heavy (non-hydrogen) atoms. The summed E-state index contributed by atoms with van der Waals surface area (Å²) >= 11 is 8.04. The van der Waals surface area contributed by atoms with Gasteiger partial charge in [-0.2, -0.15) is 0 Å². The Balaban J connectivity index is 1.67. The first-order valence-corrected chi connectivity index (χ1v) is 10.3. The highest BCUT2D eigenvalue weighted by atomic mass is 35.5. The fraction of sp³-hybridized carbons (Fsp3) is 0.211. The molecule has 1 saturated heterocycles. The Morgan fingerprint density at radius 2 is 1.96 bits per heavy atom. The first-order chi connectivity index (χ1) is 13.3. The number of halogens is 1. The molecule has 2 amide bonds. The molecule has 6 nitrogen and oxygen atoms in total. The Morgan fingerprint density at radius 1 is 1.25 bits per heavy atom. The lowest BCUT2D eigenvalue weighted by Crippen LogP contribution is -2.35. The Morgan fingerprint density at radius 3 is 2.64 bits per heavy atom.